The Hall–Kier alpha value is -2.44. The molecular weight excluding hydrogens is 359 g/mol. The molecule has 5 nitrogen and oxygen atoms in total. The number of amides is 1. The van der Waals surface area contributed by atoms with E-state index in [1.165, 1.54) is 12.1 Å². The first-order valence-electron chi connectivity index (χ1n) is 9.57. The standard InChI is InChI=1S/C22H27FN2O3/c1-16-12-25(22(27)15-28-21-6-4-3-5-19(21)14-26)17(2)11-24(16)13-18-7-9-20(23)10-8-18/h3-10,16-17,26H,11-15H2,1-2H3/t16-,17+/m0/s1. The predicted octanol–water partition coefficient (Wildman–Crippen LogP) is 2.82. The van der Waals surface area contributed by atoms with Crippen LogP contribution >= 0.6 is 0 Å². The minimum atomic E-state index is -0.233. The van der Waals surface area contributed by atoms with Gasteiger partial charge in [0.1, 0.15) is 11.6 Å². The van der Waals surface area contributed by atoms with Crippen LogP contribution in [0.5, 0.6) is 5.75 Å². The van der Waals surface area contributed by atoms with Crippen molar-refractivity contribution in [3.8, 4) is 5.75 Å². The van der Waals surface area contributed by atoms with Gasteiger partial charge in [-0.1, -0.05) is 30.3 Å². The molecule has 1 N–H and O–H groups in total. The number of hydrogen-bond acceptors (Lipinski definition) is 4. The highest BCUT2D eigenvalue weighted by molar-refractivity contribution is 5.78. The molecule has 150 valence electrons. The molecule has 0 aromatic heterocycles. The Kier molecular flexibility index (Phi) is 6.65. The average Bonchev–Trinajstić information content (AvgIpc) is 2.70. The third-order valence-electron chi connectivity index (χ3n) is 5.23. The predicted molar refractivity (Wildman–Crippen MR) is 105 cm³/mol. The third-order valence-corrected chi connectivity index (χ3v) is 5.23. The molecule has 0 radical (unpaired) electrons. The molecule has 2 aromatic carbocycles. The van der Waals surface area contributed by atoms with Crippen molar-refractivity contribution in [1.82, 2.24) is 9.80 Å². The molecule has 0 bridgehead atoms. The summed E-state index contributed by atoms with van der Waals surface area (Å²) in [5, 5.41) is 9.37. The van der Waals surface area contributed by atoms with E-state index >= 15 is 0 Å². The van der Waals surface area contributed by atoms with E-state index < -0.39 is 0 Å². The van der Waals surface area contributed by atoms with Crippen molar-refractivity contribution >= 4 is 5.91 Å². The minimum absolute atomic E-state index is 0.0496. The number of ether oxygens (including phenoxy) is 1. The van der Waals surface area contributed by atoms with E-state index in [2.05, 4.69) is 11.8 Å². The first-order valence-corrected chi connectivity index (χ1v) is 9.57. The summed E-state index contributed by atoms with van der Waals surface area (Å²) in [5.74, 6) is 0.242. The molecule has 0 unspecified atom stereocenters. The summed E-state index contributed by atoms with van der Waals surface area (Å²) in [5.41, 5.74) is 1.73. The van der Waals surface area contributed by atoms with E-state index in [9.17, 15) is 14.3 Å². The zero-order valence-corrected chi connectivity index (χ0v) is 16.3. The maximum absolute atomic E-state index is 13.1. The Morgan fingerprint density at radius 1 is 1.11 bits per heavy atom. The minimum Gasteiger partial charge on any atom is -0.483 e. The smallest absolute Gasteiger partial charge is 0.260 e. The van der Waals surface area contributed by atoms with E-state index in [0.717, 1.165) is 18.7 Å². The second-order valence-corrected chi connectivity index (χ2v) is 7.35. The molecular formula is C22H27FN2O3. The SMILES string of the molecule is C[C@@H]1CN(Cc2ccc(F)cc2)[C@@H](C)CN1C(=O)COc1ccccc1CO. The number of carbonyl (C=O) groups is 1. The number of para-hydroxylation sites is 1. The van der Waals surface area contributed by atoms with E-state index in [4.69, 9.17) is 4.74 Å². The maximum atomic E-state index is 13.1. The Balaban J connectivity index is 1.57. The summed E-state index contributed by atoms with van der Waals surface area (Å²) in [6.45, 7) is 6.05. The Bertz CT molecular complexity index is 797. The number of halogens is 1. The lowest BCUT2D eigenvalue weighted by Crippen LogP contribution is -2.58. The molecule has 0 spiro atoms. The molecule has 1 heterocycles. The highest BCUT2D eigenvalue weighted by Crippen LogP contribution is 2.20. The number of carbonyl (C=O) groups excluding carboxylic acids is 1. The molecule has 6 heteroatoms. The first kappa shape index (κ1) is 20.3. The van der Waals surface area contributed by atoms with Crippen LogP contribution in [0.1, 0.15) is 25.0 Å². The van der Waals surface area contributed by atoms with Gasteiger partial charge in [-0.25, -0.2) is 4.39 Å². The average molecular weight is 386 g/mol. The Morgan fingerprint density at radius 2 is 1.82 bits per heavy atom. The summed E-state index contributed by atoms with van der Waals surface area (Å²) >= 11 is 0. The number of aliphatic hydroxyl groups excluding tert-OH is 1. The van der Waals surface area contributed by atoms with Crippen molar-refractivity contribution in [3.05, 3.63) is 65.5 Å². The topological polar surface area (TPSA) is 53.0 Å². The molecule has 2 atom stereocenters. The van der Waals surface area contributed by atoms with Gasteiger partial charge in [0.25, 0.3) is 5.91 Å². The summed E-state index contributed by atoms with van der Waals surface area (Å²) in [6.07, 6.45) is 0. The lowest BCUT2D eigenvalue weighted by molar-refractivity contribution is -0.139. The quantitative estimate of drug-likeness (QED) is 0.830. The van der Waals surface area contributed by atoms with Crippen molar-refractivity contribution in [1.29, 1.82) is 0 Å². The normalized spacial score (nSPS) is 20.2. The van der Waals surface area contributed by atoms with Crippen LogP contribution in [0, 0.1) is 5.82 Å². The highest BCUT2D eigenvalue weighted by Gasteiger charge is 2.32. The van der Waals surface area contributed by atoms with Crippen molar-refractivity contribution in [2.75, 3.05) is 19.7 Å². The lowest BCUT2D eigenvalue weighted by atomic mass is 10.1. The monoisotopic (exact) mass is 386 g/mol. The van der Waals surface area contributed by atoms with Crippen LogP contribution < -0.4 is 4.74 Å². The zero-order valence-electron chi connectivity index (χ0n) is 16.3. The van der Waals surface area contributed by atoms with Crippen molar-refractivity contribution in [3.63, 3.8) is 0 Å². The van der Waals surface area contributed by atoms with Gasteiger partial charge < -0.3 is 14.7 Å². The first-order chi connectivity index (χ1) is 13.5. The van der Waals surface area contributed by atoms with Gasteiger partial charge in [0.05, 0.1) is 6.61 Å². The van der Waals surface area contributed by atoms with E-state index in [1.54, 1.807) is 24.3 Å². The molecule has 1 amide bonds. The van der Waals surface area contributed by atoms with Crippen LogP contribution in [0.4, 0.5) is 4.39 Å². The maximum Gasteiger partial charge on any atom is 0.260 e. The van der Waals surface area contributed by atoms with Crippen LogP contribution in [0.2, 0.25) is 0 Å². The molecule has 1 aliphatic heterocycles. The number of rotatable bonds is 6. The van der Waals surface area contributed by atoms with Crippen LogP contribution in [0.3, 0.4) is 0 Å². The van der Waals surface area contributed by atoms with Gasteiger partial charge in [0, 0.05) is 37.3 Å². The van der Waals surface area contributed by atoms with E-state index in [1.807, 2.05) is 24.0 Å². The molecule has 3 rings (SSSR count). The summed E-state index contributed by atoms with van der Waals surface area (Å²) in [6, 6.07) is 14.0. The van der Waals surface area contributed by atoms with Gasteiger partial charge in [-0.2, -0.15) is 0 Å². The second kappa shape index (κ2) is 9.17. The Labute approximate surface area is 165 Å². The summed E-state index contributed by atoms with van der Waals surface area (Å²) < 4.78 is 18.8. The molecule has 2 aromatic rings. The molecule has 28 heavy (non-hydrogen) atoms. The molecule has 1 fully saturated rings. The van der Waals surface area contributed by atoms with Crippen molar-refractivity contribution < 1.29 is 19.0 Å². The molecule has 1 saturated heterocycles. The van der Waals surface area contributed by atoms with Crippen LogP contribution in [-0.4, -0.2) is 52.6 Å². The van der Waals surface area contributed by atoms with E-state index in [-0.39, 0.29) is 37.0 Å². The van der Waals surface area contributed by atoms with Crippen molar-refractivity contribution in [2.45, 2.75) is 39.1 Å². The van der Waals surface area contributed by atoms with Gasteiger partial charge >= 0.3 is 0 Å². The van der Waals surface area contributed by atoms with E-state index in [0.29, 0.717) is 17.9 Å². The third kappa shape index (κ3) is 4.88. The fourth-order valence-electron chi connectivity index (χ4n) is 3.59. The lowest BCUT2D eigenvalue weighted by Gasteiger charge is -2.44. The largest absolute Gasteiger partial charge is 0.483 e. The fourth-order valence-corrected chi connectivity index (χ4v) is 3.59. The molecule has 0 saturated carbocycles. The highest BCUT2D eigenvalue weighted by atomic mass is 19.1. The van der Waals surface area contributed by atoms with Gasteiger partial charge in [0.2, 0.25) is 0 Å². The number of benzene rings is 2. The number of nitrogens with zero attached hydrogens (tertiary/aromatic N) is 2. The molecule has 1 aliphatic rings. The van der Waals surface area contributed by atoms with Crippen LogP contribution in [0.15, 0.2) is 48.5 Å². The second-order valence-electron chi connectivity index (χ2n) is 7.35. The fraction of sp³-hybridized carbons (Fsp3) is 0.409. The molecule has 0 aliphatic carbocycles. The van der Waals surface area contributed by atoms with Crippen molar-refractivity contribution in [2.24, 2.45) is 0 Å². The Morgan fingerprint density at radius 3 is 2.54 bits per heavy atom. The number of piperazine rings is 1. The summed E-state index contributed by atoms with van der Waals surface area (Å²) in [7, 11) is 0. The van der Waals surface area contributed by atoms with Gasteiger partial charge in [-0.3, -0.25) is 9.69 Å². The number of hydrogen-bond donors (Lipinski definition) is 1. The van der Waals surface area contributed by atoms with Gasteiger partial charge in [-0.15, -0.1) is 0 Å². The van der Waals surface area contributed by atoms with Crippen LogP contribution in [-0.2, 0) is 17.9 Å². The summed E-state index contributed by atoms with van der Waals surface area (Å²) in [4.78, 5) is 16.9. The van der Waals surface area contributed by atoms with Gasteiger partial charge in [0.15, 0.2) is 6.61 Å². The number of aliphatic hydroxyl groups is 1. The van der Waals surface area contributed by atoms with Gasteiger partial charge in [-0.05, 0) is 37.6 Å². The zero-order chi connectivity index (χ0) is 20.1. The van der Waals surface area contributed by atoms with Crippen LogP contribution in [0.25, 0.3) is 0 Å².